The van der Waals surface area contributed by atoms with Gasteiger partial charge in [-0.1, -0.05) is 178 Å². The zero-order valence-electron chi connectivity index (χ0n) is 29.7. The maximum Gasteiger partial charge on any atom is 0.160 e. The van der Waals surface area contributed by atoms with Gasteiger partial charge in [-0.2, -0.15) is 0 Å². The Morgan fingerprint density at radius 2 is 0.943 bits per heavy atom. The molecule has 2 nitrogen and oxygen atoms in total. The summed E-state index contributed by atoms with van der Waals surface area (Å²) in [6, 6.07) is 65.4. The molecular formula is C51H36N2. The largest absolute Gasteiger partial charge is 0.228 e. The zero-order chi connectivity index (χ0) is 35.5. The molecule has 0 saturated carbocycles. The van der Waals surface area contributed by atoms with E-state index in [1.165, 1.54) is 54.9 Å². The van der Waals surface area contributed by atoms with Crippen LogP contribution in [0.2, 0.25) is 0 Å². The fourth-order valence-electron chi connectivity index (χ4n) is 8.48. The summed E-state index contributed by atoms with van der Waals surface area (Å²) in [5, 5.41) is 4.94. The molecular weight excluding hydrogens is 641 g/mol. The summed E-state index contributed by atoms with van der Waals surface area (Å²) in [7, 11) is 0. The first-order valence-corrected chi connectivity index (χ1v) is 18.3. The summed E-state index contributed by atoms with van der Waals surface area (Å²) >= 11 is 0. The molecule has 250 valence electrons. The first-order chi connectivity index (χ1) is 26.0. The van der Waals surface area contributed by atoms with Crippen LogP contribution in [0.4, 0.5) is 0 Å². The molecule has 0 spiro atoms. The lowest BCUT2D eigenvalue weighted by Gasteiger charge is -2.22. The topological polar surface area (TPSA) is 25.8 Å². The summed E-state index contributed by atoms with van der Waals surface area (Å²) in [5.41, 5.74) is 14.9. The van der Waals surface area contributed by atoms with Crippen molar-refractivity contribution in [2.75, 3.05) is 0 Å². The van der Waals surface area contributed by atoms with Gasteiger partial charge in [-0.25, -0.2) is 9.97 Å². The van der Waals surface area contributed by atoms with Crippen LogP contribution in [0.3, 0.4) is 0 Å². The summed E-state index contributed by atoms with van der Waals surface area (Å²) in [5.74, 6) is 0.705. The van der Waals surface area contributed by atoms with Crippen LogP contribution in [0.15, 0.2) is 182 Å². The van der Waals surface area contributed by atoms with Gasteiger partial charge in [0.15, 0.2) is 5.82 Å². The molecule has 0 N–H and O–H groups in total. The smallest absolute Gasteiger partial charge is 0.160 e. The molecule has 1 aliphatic rings. The van der Waals surface area contributed by atoms with Gasteiger partial charge in [-0.15, -0.1) is 0 Å². The minimum absolute atomic E-state index is 0.133. The van der Waals surface area contributed by atoms with Gasteiger partial charge in [0.1, 0.15) is 0 Å². The monoisotopic (exact) mass is 676 g/mol. The third-order valence-electron chi connectivity index (χ3n) is 11.1. The molecule has 10 rings (SSSR count). The molecule has 0 aliphatic heterocycles. The van der Waals surface area contributed by atoms with Gasteiger partial charge < -0.3 is 0 Å². The van der Waals surface area contributed by atoms with Crippen LogP contribution in [0, 0.1) is 0 Å². The summed E-state index contributed by atoms with van der Waals surface area (Å²) in [6.07, 6.45) is 0. The van der Waals surface area contributed by atoms with Crippen molar-refractivity contribution in [1.29, 1.82) is 0 Å². The molecule has 1 heterocycles. The number of hydrogen-bond donors (Lipinski definition) is 0. The maximum atomic E-state index is 5.35. The van der Waals surface area contributed by atoms with E-state index in [9.17, 15) is 0 Å². The van der Waals surface area contributed by atoms with Gasteiger partial charge in [-0.05, 0) is 84.3 Å². The number of benzene rings is 8. The van der Waals surface area contributed by atoms with Crippen LogP contribution in [0.5, 0.6) is 0 Å². The van der Waals surface area contributed by atoms with Gasteiger partial charge in [-0.3, -0.25) is 0 Å². The molecule has 2 heteroatoms. The quantitative estimate of drug-likeness (QED) is 0.181. The van der Waals surface area contributed by atoms with Crippen LogP contribution >= 0.6 is 0 Å². The van der Waals surface area contributed by atoms with Crippen molar-refractivity contribution in [2.45, 2.75) is 19.3 Å². The molecule has 0 saturated heterocycles. The standard InChI is InChI=1S/C51H36N2/c1-51(2)44-27-15-26-41(49(44)43-30-36-21-9-10-22-37(36)31-45(43)51)39-24-13-14-25-40(39)46-32-47(53-50(52-46)35-19-7-4-8-20-35)42-29-28-33-16-11-12-23-38(33)48(42)34-17-5-3-6-18-34/h3-32H,1-2H3. The van der Waals surface area contributed by atoms with Crippen molar-refractivity contribution in [3.63, 3.8) is 0 Å². The van der Waals surface area contributed by atoms with Gasteiger partial charge >= 0.3 is 0 Å². The van der Waals surface area contributed by atoms with Crippen LogP contribution < -0.4 is 0 Å². The molecule has 0 atom stereocenters. The normalized spacial score (nSPS) is 12.9. The number of hydrogen-bond acceptors (Lipinski definition) is 2. The second kappa shape index (κ2) is 12.3. The molecule has 0 fully saturated rings. The van der Waals surface area contributed by atoms with Crippen molar-refractivity contribution >= 4 is 21.5 Å². The van der Waals surface area contributed by atoms with E-state index in [-0.39, 0.29) is 5.41 Å². The first-order valence-electron chi connectivity index (χ1n) is 18.3. The van der Waals surface area contributed by atoms with Crippen molar-refractivity contribution in [3.05, 3.63) is 193 Å². The Bertz CT molecular complexity index is 2850. The number of aromatic nitrogens is 2. The predicted octanol–water partition coefficient (Wildman–Crippen LogP) is 13.4. The van der Waals surface area contributed by atoms with Gasteiger partial charge in [0.25, 0.3) is 0 Å². The summed E-state index contributed by atoms with van der Waals surface area (Å²) in [4.78, 5) is 10.7. The van der Waals surface area contributed by atoms with E-state index in [1.54, 1.807) is 0 Å². The third-order valence-corrected chi connectivity index (χ3v) is 11.1. The average Bonchev–Trinajstić information content (AvgIpc) is 3.45. The van der Waals surface area contributed by atoms with E-state index < -0.39 is 0 Å². The highest BCUT2D eigenvalue weighted by atomic mass is 14.9. The van der Waals surface area contributed by atoms with E-state index >= 15 is 0 Å². The second-order valence-corrected chi connectivity index (χ2v) is 14.5. The van der Waals surface area contributed by atoms with Crippen molar-refractivity contribution in [3.8, 4) is 67.3 Å². The minimum Gasteiger partial charge on any atom is -0.228 e. The highest BCUT2D eigenvalue weighted by molar-refractivity contribution is 6.05. The SMILES string of the molecule is CC1(C)c2cc3ccccc3cc2-c2c(-c3ccccc3-c3cc(-c4ccc5ccccc5c4-c4ccccc4)nc(-c4ccccc4)n3)cccc21. The van der Waals surface area contributed by atoms with Gasteiger partial charge in [0.05, 0.1) is 11.4 Å². The highest BCUT2D eigenvalue weighted by Gasteiger charge is 2.37. The zero-order valence-corrected chi connectivity index (χ0v) is 29.7. The van der Waals surface area contributed by atoms with Gasteiger partial charge in [0.2, 0.25) is 0 Å². The Morgan fingerprint density at radius 1 is 0.358 bits per heavy atom. The third kappa shape index (κ3) is 5.10. The minimum atomic E-state index is -0.133. The Hall–Kier alpha value is -6.64. The molecule has 0 bridgehead atoms. The molecule has 1 aromatic heterocycles. The lowest BCUT2D eigenvalue weighted by Crippen LogP contribution is -2.14. The van der Waals surface area contributed by atoms with Crippen molar-refractivity contribution < 1.29 is 0 Å². The predicted molar refractivity (Wildman–Crippen MR) is 222 cm³/mol. The van der Waals surface area contributed by atoms with E-state index in [1.807, 2.05) is 6.07 Å². The maximum absolute atomic E-state index is 5.35. The van der Waals surface area contributed by atoms with Crippen LogP contribution in [-0.4, -0.2) is 9.97 Å². The van der Waals surface area contributed by atoms with Crippen LogP contribution in [0.25, 0.3) is 88.8 Å². The molecule has 8 aromatic carbocycles. The lowest BCUT2D eigenvalue weighted by atomic mass is 9.81. The van der Waals surface area contributed by atoms with Crippen molar-refractivity contribution in [1.82, 2.24) is 9.97 Å². The molecule has 1 aliphatic carbocycles. The molecule has 0 unspecified atom stereocenters. The van der Waals surface area contributed by atoms with Crippen molar-refractivity contribution in [2.24, 2.45) is 0 Å². The average molecular weight is 677 g/mol. The molecule has 0 amide bonds. The second-order valence-electron chi connectivity index (χ2n) is 14.5. The Morgan fingerprint density at radius 3 is 1.70 bits per heavy atom. The molecule has 53 heavy (non-hydrogen) atoms. The Balaban J connectivity index is 1.23. The van der Waals surface area contributed by atoms with Gasteiger partial charge in [0, 0.05) is 22.1 Å². The first kappa shape index (κ1) is 31.1. The number of fused-ring (bicyclic) bond motifs is 5. The lowest BCUT2D eigenvalue weighted by molar-refractivity contribution is 0.661. The fraction of sp³-hybridized carbons (Fsp3) is 0.0588. The highest BCUT2D eigenvalue weighted by Crippen LogP contribution is 2.54. The van der Waals surface area contributed by atoms with E-state index in [2.05, 4.69) is 190 Å². The molecule has 0 radical (unpaired) electrons. The van der Waals surface area contributed by atoms with E-state index in [4.69, 9.17) is 9.97 Å². The van der Waals surface area contributed by atoms with E-state index in [0.717, 1.165) is 39.2 Å². The summed E-state index contributed by atoms with van der Waals surface area (Å²) < 4.78 is 0. The van der Waals surface area contributed by atoms with Crippen LogP contribution in [0.1, 0.15) is 25.0 Å². The Kier molecular flexibility index (Phi) is 7.19. The number of rotatable bonds is 5. The van der Waals surface area contributed by atoms with Crippen LogP contribution in [-0.2, 0) is 5.41 Å². The van der Waals surface area contributed by atoms with E-state index in [0.29, 0.717) is 5.82 Å². The Labute approximate surface area is 310 Å². The summed E-state index contributed by atoms with van der Waals surface area (Å²) in [6.45, 7) is 4.72. The fourth-order valence-corrected chi connectivity index (χ4v) is 8.48. The molecule has 9 aromatic rings. The number of nitrogens with zero attached hydrogens (tertiary/aromatic N) is 2.